The highest BCUT2D eigenvalue weighted by atomic mass is 16.5. The summed E-state index contributed by atoms with van der Waals surface area (Å²) in [6.45, 7) is 4.24. The lowest BCUT2D eigenvalue weighted by atomic mass is 9.98. The molecule has 0 amide bonds. The van der Waals surface area contributed by atoms with Crippen molar-refractivity contribution in [3.05, 3.63) is 47.3 Å². The molecule has 0 unspecified atom stereocenters. The number of benzene rings is 1. The predicted molar refractivity (Wildman–Crippen MR) is 82.9 cm³/mol. The molecule has 1 saturated heterocycles. The smallest absolute Gasteiger partial charge is 0.137 e. The summed E-state index contributed by atoms with van der Waals surface area (Å²) in [7, 11) is 1.69. The second kappa shape index (κ2) is 6.94. The number of nitrogens with one attached hydrogen (secondary N) is 1. The first kappa shape index (κ1) is 15.1. The molecule has 2 heterocycles. The molecule has 0 saturated carbocycles. The predicted octanol–water partition coefficient (Wildman–Crippen LogP) is 2.34. The maximum absolute atomic E-state index is 5.63. The second-order valence-electron chi connectivity index (χ2n) is 5.78. The average molecular weight is 302 g/mol. The minimum absolute atomic E-state index is 0.330. The van der Waals surface area contributed by atoms with Crippen LogP contribution in [0.15, 0.2) is 34.9 Å². The van der Waals surface area contributed by atoms with E-state index in [1.165, 1.54) is 5.56 Å². The first-order valence-electron chi connectivity index (χ1n) is 7.61. The van der Waals surface area contributed by atoms with Crippen molar-refractivity contribution in [2.45, 2.75) is 25.9 Å². The number of methoxy groups -OCH3 is 1. The summed E-state index contributed by atoms with van der Waals surface area (Å²) < 4.78 is 16.2. The van der Waals surface area contributed by atoms with Gasteiger partial charge < -0.3 is 19.3 Å². The van der Waals surface area contributed by atoms with Gasteiger partial charge in [-0.3, -0.25) is 0 Å². The van der Waals surface area contributed by atoms with E-state index in [9.17, 15) is 0 Å². The third kappa shape index (κ3) is 3.67. The third-order valence-corrected chi connectivity index (χ3v) is 4.04. The fourth-order valence-electron chi connectivity index (χ4n) is 2.83. The van der Waals surface area contributed by atoms with Gasteiger partial charge in [-0.15, -0.1) is 0 Å². The molecule has 5 nitrogen and oxygen atoms in total. The molecule has 5 heteroatoms. The number of aryl methyl sites for hydroxylation is 1. The van der Waals surface area contributed by atoms with Gasteiger partial charge in [0.05, 0.1) is 26.0 Å². The largest absolute Gasteiger partial charge is 0.497 e. The lowest BCUT2D eigenvalue weighted by molar-refractivity contribution is 0.181. The Morgan fingerprint density at radius 2 is 2.23 bits per heavy atom. The maximum atomic E-state index is 5.63. The average Bonchev–Trinajstić information content (AvgIpc) is 3.15. The van der Waals surface area contributed by atoms with Gasteiger partial charge in [0.25, 0.3) is 0 Å². The summed E-state index contributed by atoms with van der Waals surface area (Å²) in [5.41, 5.74) is 2.13. The van der Waals surface area contributed by atoms with Crippen LogP contribution in [0.5, 0.6) is 5.75 Å². The highest BCUT2D eigenvalue weighted by Gasteiger charge is 2.29. The quantitative estimate of drug-likeness (QED) is 0.887. The van der Waals surface area contributed by atoms with E-state index in [-0.39, 0.29) is 0 Å². The van der Waals surface area contributed by atoms with Crippen molar-refractivity contribution in [1.82, 2.24) is 10.5 Å². The molecule has 1 aromatic heterocycles. The van der Waals surface area contributed by atoms with E-state index in [0.717, 1.165) is 43.4 Å². The molecular formula is C17H22N2O3. The zero-order chi connectivity index (χ0) is 15.4. The molecule has 1 aromatic carbocycles. The van der Waals surface area contributed by atoms with Crippen molar-refractivity contribution in [2.75, 3.05) is 20.3 Å². The summed E-state index contributed by atoms with van der Waals surface area (Å²) in [6.07, 6.45) is 0.858. The Morgan fingerprint density at radius 1 is 1.32 bits per heavy atom. The zero-order valence-electron chi connectivity index (χ0n) is 13.0. The van der Waals surface area contributed by atoms with Crippen LogP contribution in [0.25, 0.3) is 0 Å². The van der Waals surface area contributed by atoms with E-state index in [0.29, 0.717) is 12.0 Å². The molecule has 1 aliphatic rings. The van der Waals surface area contributed by atoms with Crippen molar-refractivity contribution in [3.8, 4) is 5.75 Å². The van der Waals surface area contributed by atoms with Crippen molar-refractivity contribution in [1.29, 1.82) is 0 Å². The fraction of sp³-hybridized carbons (Fsp3) is 0.471. The van der Waals surface area contributed by atoms with E-state index in [1.807, 2.05) is 25.1 Å². The van der Waals surface area contributed by atoms with Gasteiger partial charge in [-0.25, -0.2) is 0 Å². The summed E-state index contributed by atoms with van der Waals surface area (Å²) in [5.74, 6) is 2.23. The van der Waals surface area contributed by atoms with Crippen LogP contribution in [0.4, 0.5) is 0 Å². The monoisotopic (exact) mass is 302 g/mol. The Morgan fingerprint density at radius 3 is 3.00 bits per heavy atom. The first-order chi connectivity index (χ1) is 10.7. The van der Waals surface area contributed by atoms with Gasteiger partial charge in [-0.05, 0) is 24.6 Å². The van der Waals surface area contributed by atoms with Crippen LogP contribution >= 0.6 is 0 Å². The Labute approximate surface area is 130 Å². The number of hydrogen-bond donors (Lipinski definition) is 1. The third-order valence-electron chi connectivity index (χ3n) is 4.04. The molecule has 118 valence electrons. The number of nitrogens with zero attached hydrogens (tertiary/aromatic N) is 1. The molecule has 0 aliphatic carbocycles. The van der Waals surface area contributed by atoms with Crippen LogP contribution in [0.2, 0.25) is 0 Å². The molecule has 0 bridgehead atoms. The van der Waals surface area contributed by atoms with Crippen LogP contribution in [-0.2, 0) is 17.7 Å². The van der Waals surface area contributed by atoms with Crippen LogP contribution < -0.4 is 10.1 Å². The Balaban J connectivity index is 1.56. The van der Waals surface area contributed by atoms with Gasteiger partial charge in [0.15, 0.2) is 0 Å². The topological polar surface area (TPSA) is 56.5 Å². The van der Waals surface area contributed by atoms with Gasteiger partial charge in [0.2, 0.25) is 0 Å². The van der Waals surface area contributed by atoms with Crippen molar-refractivity contribution >= 4 is 0 Å². The molecule has 0 radical (unpaired) electrons. The van der Waals surface area contributed by atoms with Crippen LogP contribution in [0, 0.1) is 12.8 Å². The van der Waals surface area contributed by atoms with Gasteiger partial charge >= 0.3 is 0 Å². The molecule has 0 spiro atoms. The fourth-order valence-corrected chi connectivity index (χ4v) is 2.83. The van der Waals surface area contributed by atoms with Crippen molar-refractivity contribution in [3.63, 3.8) is 0 Å². The molecule has 1 fully saturated rings. The second-order valence-corrected chi connectivity index (χ2v) is 5.78. The number of aromatic nitrogens is 1. The highest BCUT2D eigenvalue weighted by molar-refractivity contribution is 5.28. The Kier molecular flexibility index (Phi) is 4.75. The van der Waals surface area contributed by atoms with E-state index < -0.39 is 0 Å². The van der Waals surface area contributed by atoms with E-state index in [1.54, 1.807) is 7.11 Å². The Bertz CT molecular complexity index is 611. The first-order valence-corrected chi connectivity index (χ1v) is 7.61. The molecule has 3 rings (SSSR count). The Hall–Kier alpha value is -1.85. The number of rotatable bonds is 6. The summed E-state index contributed by atoms with van der Waals surface area (Å²) in [6, 6.07) is 10.4. The van der Waals surface area contributed by atoms with E-state index in [2.05, 4.69) is 22.6 Å². The van der Waals surface area contributed by atoms with Crippen LogP contribution in [-0.4, -0.2) is 31.5 Å². The van der Waals surface area contributed by atoms with Gasteiger partial charge in [0.1, 0.15) is 11.5 Å². The summed E-state index contributed by atoms with van der Waals surface area (Å²) >= 11 is 0. The van der Waals surface area contributed by atoms with Crippen LogP contribution in [0.3, 0.4) is 0 Å². The minimum atomic E-state index is 0.330. The lowest BCUT2D eigenvalue weighted by Crippen LogP contribution is -2.36. The van der Waals surface area contributed by atoms with Gasteiger partial charge in [-0.1, -0.05) is 17.3 Å². The van der Waals surface area contributed by atoms with E-state index >= 15 is 0 Å². The zero-order valence-corrected chi connectivity index (χ0v) is 13.0. The normalized spacial score (nSPS) is 21.2. The van der Waals surface area contributed by atoms with Crippen molar-refractivity contribution in [2.24, 2.45) is 5.92 Å². The molecular weight excluding hydrogens is 280 g/mol. The molecule has 2 aromatic rings. The summed E-state index contributed by atoms with van der Waals surface area (Å²) in [4.78, 5) is 0. The SMILES string of the molecule is COc1cccc(CN[C@@H]2COC[C@H]2Cc2cc(C)no2)c1. The molecule has 22 heavy (non-hydrogen) atoms. The molecule has 1 aliphatic heterocycles. The van der Waals surface area contributed by atoms with Gasteiger partial charge in [-0.2, -0.15) is 0 Å². The van der Waals surface area contributed by atoms with Crippen molar-refractivity contribution < 1.29 is 14.0 Å². The van der Waals surface area contributed by atoms with Crippen LogP contribution in [0.1, 0.15) is 17.0 Å². The molecule has 2 atom stereocenters. The van der Waals surface area contributed by atoms with E-state index in [4.69, 9.17) is 14.0 Å². The highest BCUT2D eigenvalue weighted by Crippen LogP contribution is 2.20. The lowest BCUT2D eigenvalue weighted by Gasteiger charge is -2.18. The van der Waals surface area contributed by atoms with Gasteiger partial charge in [0, 0.05) is 31.0 Å². The number of ether oxygens (including phenoxy) is 2. The minimum Gasteiger partial charge on any atom is -0.497 e. The maximum Gasteiger partial charge on any atom is 0.137 e. The molecule has 1 N–H and O–H groups in total. The summed E-state index contributed by atoms with van der Waals surface area (Å²) in [5, 5.41) is 7.53. The number of hydrogen-bond acceptors (Lipinski definition) is 5. The standard InChI is InChI=1S/C17H22N2O3/c1-12-6-16(22-19-12)8-14-10-21-11-17(14)18-9-13-4-3-5-15(7-13)20-2/h3-7,14,17-18H,8-11H2,1-2H3/t14-,17-/m1/s1.